The molecular weight excluding hydrogens is 247 g/mol. The smallest absolute Gasteiger partial charge is 0.271 e. The van der Waals surface area contributed by atoms with E-state index in [9.17, 15) is 8.42 Å². The van der Waals surface area contributed by atoms with Crippen LogP contribution in [0.5, 0.6) is 0 Å². The van der Waals surface area contributed by atoms with E-state index in [1.807, 2.05) is 14.1 Å². The van der Waals surface area contributed by atoms with Gasteiger partial charge in [0.05, 0.1) is 8.22 Å². The predicted molar refractivity (Wildman–Crippen MR) is 64.9 cm³/mol. The third kappa shape index (κ3) is 2.41. The minimum Gasteiger partial charge on any atom is -0.285 e. The molecule has 5 nitrogen and oxygen atoms in total. The van der Waals surface area contributed by atoms with Gasteiger partial charge >= 0.3 is 0 Å². The second-order valence-electron chi connectivity index (χ2n) is 4.65. The zero-order valence-corrected chi connectivity index (χ0v) is 11.4. The third-order valence-electron chi connectivity index (χ3n) is 3.66. The summed E-state index contributed by atoms with van der Waals surface area (Å²) in [5.41, 5.74) is -0.123. The lowest BCUT2D eigenvalue weighted by molar-refractivity contribution is 0.233. The Morgan fingerprint density at radius 2 is 1.62 bits per heavy atom. The maximum Gasteiger partial charge on any atom is 0.271 e. The first-order valence-corrected chi connectivity index (χ1v) is 8.62. The largest absolute Gasteiger partial charge is 0.285 e. The second kappa shape index (κ2) is 4.50. The maximum atomic E-state index is 11.0. The van der Waals surface area contributed by atoms with Crippen LogP contribution < -0.4 is 0 Å². The highest BCUT2D eigenvalue weighted by Gasteiger charge is 2.45. The number of likely N-dealkylation sites (N-methyl/N-ethyl adjacent to an activating group) is 2. The molecule has 0 spiro atoms. The van der Waals surface area contributed by atoms with E-state index in [4.69, 9.17) is 4.55 Å². The lowest BCUT2D eigenvalue weighted by atomic mass is 9.91. The topological polar surface area (TPSA) is 60.9 Å². The van der Waals surface area contributed by atoms with Gasteiger partial charge in [-0.1, -0.05) is 12.8 Å². The van der Waals surface area contributed by atoms with E-state index in [2.05, 4.69) is 9.34 Å². The van der Waals surface area contributed by atoms with Crippen molar-refractivity contribution in [1.29, 1.82) is 0 Å². The molecule has 1 aliphatic heterocycles. The summed E-state index contributed by atoms with van der Waals surface area (Å²) >= 11 is 0. The lowest BCUT2D eigenvalue weighted by Gasteiger charge is -2.29. The van der Waals surface area contributed by atoms with Crippen LogP contribution in [0.25, 0.3) is 0 Å². The number of nitrogens with zero attached hydrogens (tertiary/aromatic N) is 2. The van der Waals surface area contributed by atoms with E-state index in [0.29, 0.717) is 12.1 Å². The molecule has 2 aliphatic rings. The summed E-state index contributed by atoms with van der Waals surface area (Å²) in [5, 5.41) is 0. The molecule has 1 saturated carbocycles. The van der Waals surface area contributed by atoms with Gasteiger partial charge in [0.15, 0.2) is 0 Å². The molecule has 1 N–H and O–H groups in total. The molecule has 0 aromatic carbocycles. The standard InChI is InChI=1S/C9H19N2O3PS/c1-10-8-5-3-4-6-9(8)11(2)15(10)7-16(12,13)14/h8-9H,3-7H2,1-2H3,(H,12,13,14)/t8-,9-/m1/s1. The molecule has 16 heavy (non-hydrogen) atoms. The van der Waals surface area contributed by atoms with E-state index >= 15 is 0 Å². The number of hydrogen-bond donors (Lipinski definition) is 1. The Hall–Kier alpha value is 0.260. The molecule has 1 heterocycles. The van der Waals surface area contributed by atoms with Crippen molar-refractivity contribution in [2.24, 2.45) is 0 Å². The van der Waals surface area contributed by atoms with E-state index in [-0.39, 0.29) is 5.49 Å². The van der Waals surface area contributed by atoms with Gasteiger partial charge in [-0.2, -0.15) is 8.42 Å². The Morgan fingerprint density at radius 1 is 1.19 bits per heavy atom. The first-order valence-electron chi connectivity index (χ1n) is 5.58. The van der Waals surface area contributed by atoms with E-state index in [1.165, 1.54) is 12.8 Å². The van der Waals surface area contributed by atoms with Crippen molar-refractivity contribution < 1.29 is 13.0 Å². The summed E-state index contributed by atoms with van der Waals surface area (Å²) in [7, 11) is -0.769. The van der Waals surface area contributed by atoms with Crippen LogP contribution in [0.4, 0.5) is 0 Å². The van der Waals surface area contributed by atoms with Crippen LogP contribution in [0, 0.1) is 0 Å². The van der Waals surface area contributed by atoms with Crippen LogP contribution in [-0.2, 0) is 10.1 Å². The molecule has 0 amide bonds. The summed E-state index contributed by atoms with van der Waals surface area (Å²) in [4.78, 5) is 0. The van der Waals surface area contributed by atoms with Crippen LogP contribution in [0.3, 0.4) is 0 Å². The van der Waals surface area contributed by atoms with E-state index in [0.717, 1.165) is 12.8 Å². The van der Waals surface area contributed by atoms with Crippen LogP contribution >= 0.6 is 8.22 Å². The SMILES string of the molecule is CN1[C@@H]2CCCC[C@H]2N(C)P1CS(=O)(=O)O. The quantitative estimate of drug-likeness (QED) is 0.603. The zero-order chi connectivity index (χ0) is 11.9. The molecular formula is C9H19N2O3PS. The van der Waals surface area contributed by atoms with Gasteiger partial charge in [0.2, 0.25) is 0 Å². The van der Waals surface area contributed by atoms with Crippen molar-refractivity contribution in [3.05, 3.63) is 0 Å². The Bertz CT molecular complexity index is 344. The minimum atomic E-state index is -3.87. The molecule has 1 aliphatic carbocycles. The Kier molecular flexibility index (Phi) is 3.57. The van der Waals surface area contributed by atoms with Gasteiger partial charge in [-0.05, 0) is 26.9 Å². The highest BCUT2D eigenvalue weighted by molar-refractivity contribution is 7.92. The van der Waals surface area contributed by atoms with Crippen LogP contribution in [0.15, 0.2) is 0 Å². The molecule has 0 bridgehead atoms. The Labute approximate surface area is 98.4 Å². The van der Waals surface area contributed by atoms with Crippen molar-refractivity contribution >= 4 is 18.3 Å². The molecule has 2 fully saturated rings. The number of fused-ring (bicyclic) bond motifs is 1. The summed E-state index contributed by atoms with van der Waals surface area (Å²) < 4.78 is 35.3. The molecule has 2 rings (SSSR count). The van der Waals surface area contributed by atoms with Crippen LogP contribution in [0.1, 0.15) is 25.7 Å². The van der Waals surface area contributed by atoms with Crippen molar-refractivity contribution in [3.63, 3.8) is 0 Å². The van der Waals surface area contributed by atoms with Gasteiger partial charge in [-0.25, -0.2) is 0 Å². The van der Waals surface area contributed by atoms with Crippen molar-refractivity contribution in [2.45, 2.75) is 37.8 Å². The molecule has 0 aromatic rings. The number of hydrogen-bond acceptors (Lipinski definition) is 4. The van der Waals surface area contributed by atoms with Gasteiger partial charge in [-0.3, -0.25) is 13.9 Å². The first-order chi connectivity index (χ1) is 7.40. The monoisotopic (exact) mass is 266 g/mol. The summed E-state index contributed by atoms with van der Waals surface area (Å²) in [6, 6.07) is 0.957. The maximum absolute atomic E-state index is 11.0. The van der Waals surface area contributed by atoms with Crippen molar-refractivity contribution in [3.8, 4) is 0 Å². The summed E-state index contributed by atoms with van der Waals surface area (Å²) in [6.07, 6.45) is 4.76. The highest BCUT2D eigenvalue weighted by atomic mass is 32.2. The van der Waals surface area contributed by atoms with Gasteiger partial charge in [0, 0.05) is 12.1 Å². The molecule has 0 unspecified atom stereocenters. The number of rotatable bonds is 2. The molecule has 2 atom stereocenters. The molecule has 0 radical (unpaired) electrons. The fourth-order valence-electron chi connectivity index (χ4n) is 2.86. The fourth-order valence-corrected chi connectivity index (χ4v) is 7.15. The van der Waals surface area contributed by atoms with Crippen molar-refractivity contribution in [2.75, 3.05) is 19.6 Å². The Morgan fingerprint density at radius 3 is 2.00 bits per heavy atom. The highest BCUT2D eigenvalue weighted by Crippen LogP contribution is 2.55. The average Bonchev–Trinajstić information content (AvgIpc) is 2.43. The van der Waals surface area contributed by atoms with Crippen LogP contribution in [0.2, 0.25) is 0 Å². The average molecular weight is 266 g/mol. The van der Waals surface area contributed by atoms with Gasteiger partial charge in [-0.15, -0.1) is 0 Å². The zero-order valence-electron chi connectivity index (χ0n) is 9.70. The van der Waals surface area contributed by atoms with E-state index in [1.54, 1.807) is 0 Å². The van der Waals surface area contributed by atoms with E-state index < -0.39 is 18.3 Å². The summed E-state index contributed by atoms with van der Waals surface area (Å²) in [5.74, 6) is 0. The van der Waals surface area contributed by atoms with Gasteiger partial charge in [0.1, 0.15) is 5.49 Å². The molecule has 94 valence electrons. The predicted octanol–water partition coefficient (Wildman–Crippen LogP) is 1.33. The molecule has 0 aromatic heterocycles. The molecule has 1 saturated heterocycles. The molecule has 7 heteroatoms. The van der Waals surface area contributed by atoms with Crippen molar-refractivity contribution in [1.82, 2.24) is 9.34 Å². The summed E-state index contributed by atoms with van der Waals surface area (Å²) in [6.45, 7) is 0. The minimum absolute atomic E-state index is 0.123. The fraction of sp³-hybridized carbons (Fsp3) is 1.00. The second-order valence-corrected chi connectivity index (χ2v) is 8.85. The third-order valence-corrected chi connectivity index (χ3v) is 7.94. The Balaban J connectivity index is 2.15. The van der Waals surface area contributed by atoms with Gasteiger partial charge < -0.3 is 0 Å². The lowest BCUT2D eigenvalue weighted by Crippen LogP contribution is -2.37. The van der Waals surface area contributed by atoms with Gasteiger partial charge in [0.25, 0.3) is 10.1 Å². The first kappa shape index (κ1) is 12.7. The normalized spacial score (nSPS) is 34.2. The van der Waals surface area contributed by atoms with Crippen LogP contribution in [-0.4, -0.2) is 54.0 Å².